The molecule has 27 heavy (non-hydrogen) atoms. The molecule has 0 saturated carbocycles. The number of amides is 1. The van der Waals surface area contributed by atoms with Crippen molar-refractivity contribution in [1.29, 1.82) is 5.41 Å². The first-order chi connectivity index (χ1) is 13.1. The van der Waals surface area contributed by atoms with Crippen LogP contribution in [0.25, 0.3) is 5.57 Å². The minimum atomic E-state index is -0.311. The van der Waals surface area contributed by atoms with Gasteiger partial charge in [-0.1, -0.05) is 42.1 Å². The van der Waals surface area contributed by atoms with Crippen molar-refractivity contribution in [2.24, 2.45) is 5.73 Å². The molecular weight excluding hydrogens is 356 g/mol. The van der Waals surface area contributed by atoms with E-state index in [9.17, 15) is 4.79 Å². The van der Waals surface area contributed by atoms with E-state index in [1.165, 1.54) is 24.2 Å². The Balaban J connectivity index is 1.90. The predicted molar refractivity (Wildman–Crippen MR) is 111 cm³/mol. The zero-order chi connectivity index (χ0) is 19.2. The standard InChI is InChI=1S/C21H24N4OS/c1-15-11-17(18(12-22)13-23)14-24-20(15)27-19(16-7-3-2-4-8-16)21(26)25-9-5-6-10-25/h2-4,7-8,11-14,19,22H,5-6,9-10,23H2,1H3/b18-13+,22-12?. The van der Waals surface area contributed by atoms with Crippen molar-refractivity contribution in [2.75, 3.05) is 13.1 Å². The second-order valence-corrected chi connectivity index (χ2v) is 7.65. The maximum atomic E-state index is 13.2. The predicted octanol–water partition coefficient (Wildman–Crippen LogP) is 3.79. The molecule has 1 aromatic heterocycles. The summed E-state index contributed by atoms with van der Waals surface area (Å²) in [6.45, 7) is 3.63. The van der Waals surface area contributed by atoms with Gasteiger partial charge in [-0.05, 0) is 37.0 Å². The Morgan fingerprint density at radius 2 is 2.00 bits per heavy atom. The van der Waals surface area contributed by atoms with E-state index < -0.39 is 0 Å². The van der Waals surface area contributed by atoms with Crippen LogP contribution in [-0.4, -0.2) is 35.1 Å². The van der Waals surface area contributed by atoms with E-state index in [0.29, 0.717) is 5.57 Å². The number of aryl methyl sites for hydroxylation is 1. The number of hydrogen-bond donors (Lipinski definition) is 2. The third kappa shape index (κ3) is 4.39. The normalized spacial score (nSPS) is 15.6. The van der Waals surface area contributed by atoms with Crippen LogP contribution < -0.4 is 5.73 Å². The molecular formula is C21H24N4OS. The monoisotopic (exact) mass is 380 g/mol. The van der Waals surface area contributed by atoms with Crippen molar-refractivity contribution in [3.05, 3.63) is 65.5 Å². The summed E-state index contributed by atoms with van der Waals surface area (Å²) in [5.74, 6) is 0.149. The summed E-state index contributed by atoms with van der Waals surface area (Å²) >= 11 is 1.49. The van der Waals surface area contributed by atoms with Crippen LogP contribution in [0.3, 0.4) is 0 Å². The third-order valence-corrected chi connectivity index (χ3v) is 6.03. The summed E-state index contributed by atoms with van der Waals surface area (Å²) in [6.07, 6.45) is 6.47. The number of nitrogens with one attached hydrogen (secondary N) is 1. The van der Waals surface area contributed by atoms with Crippen molar-refractivity contribution in [1.82, 2.24) is 9.88 Å². The highest BCUT2D eigenvalue weighted by Crippen LogP contribution is 2.38. The van der Waals surface area contributed by atoms with Crippen molar-refractivity contribution in [3.63, 3.8) is 0 Å². The fourth-order valence-electron chi connectivity index (χ4n) is 3.17. The first-order valence-electron chi connectivity index (χ1n) is 9.04. The Labute approximate surface area is 164 Å². The lowest BCUT2D eigenvalue weighted by molar-refractivity contribution is -0.129. The fraction of sp³-hybridized carbons (Fsp3) is 0.286. The Morgan fingerprint density at radius 3 is 2.59 bits per heavy atom. The van der Waals surface area contributed by atoms with Gasteiger partial charge in [0.1, 0.15) is 5.25 Å². The van der Waals surface area contributed by atoms with Crippen molar-refractivity contribution < 1.29 is 4.79 Å². The molecule has 1 amide bonds. The summed E-state index contributed by atoms with van der Waals surface area (Å²) in [5.41, 5.74) is 8.95. The highest BCUT2D eigenvalue weighted by molar-refractivity contribution is 8.00. The first kappa shape index (κ1) is 19.2. The Morgan fingerprint density at radius 1 is 1.30 bits per heavy atom. The van der Waals surface area contributed by atoms with Crippen LogP contribution in [0.1, 0.15) is 34.8 Å². The number of pyridine rings is 1. The van der Waals surface area contributed by atoms with Gasteiger partial charge in [-0.2, -0.15) is 0 Å². The molecule has 1 atom stereocenters. The third-order valence-electron chi connectivity index (χ3n) is 4.67. The molecule has 2 heterocycles. The first-order valence-corrected chi connectivity index (χ1v) is 9.91. The van der Waals surface area contributed by atoms with Gasteiger partial charge in [0, 0.05) is 42.8 Å². The lowest BCUT2D eigenvalue weighted by atomic mass is 10.1. The fourth-order valence-corrected chi connectivity index (χ4v) is 4.30. The molecule has 2 aromatic rings. The quantitative estimate of drug-likeness (QED) is 0.590. The van der Waals surface area contributed by atoms with Gasteiger partial charge < -0.3 is 16.0 Å². The summed E-state index contributed by atoms with van der Waals surface area (Å²) in [4.78, 5) is 19.7. The average Bonchev–Trinajstić information content (AvgIpc) is 3.23. The maximum absolute atomic E-state index is 13.2. The van der Waals surface area contributed by atoms with Crippen LogP contribution in [0.4, 0.5) is 0 Å². The number of hydrogen-bond acceptors (Lipinski definition) is 5. The average molecular weight is 381 g/mol. The minimum Gasteiger partial charge on any atom is -0.404 e. The smallest absolute Gasteiger partial charge is 0.240 e. The van der Waals surface area contributed by atoms with Crippen molar-refractivity contribution in [2.45, 2.75) is 30.0 Å². The summed E-state index contributed by atoms with van der Waals surface area (Å²) in [5, 5.41) is 7.95. The van der Waals surface area contributed by atoms with Crippen LogP contribution in [-0.2, 0) is 4.79 Å². The summed E-state index contributed by atoms with van der Waals surface area (Å²) in [6, 6.07) is 11.8. The van der Waals surface area contributed by atoms with Gasteiger partial charge in [0.05, 0.1) is 5.03 Å². The number of allylic oxidation sites excluding steroid dienone is 1. The second kappa shape index (κ2) is 8.86. The van der Waals surface area contributed by atoms with E-state index in [0.717, 1.165) is 47.6 Å². The Kier molecular flexibility index (Phi) is 6.29. The number of rotatable bonds is 6. The van der Waals surface area contributed by atoms with E-state index in [-0.39, 0.29) is 11.2 Å². The van der Waals surface area contributed by atoms with Crippen molar-refractivity contribution >= 4 is 29.5 Å². The number of nitrogens with zero attached hydrogens (tertiary/aromatic N) is 2. The number of carbonyl (C=O) groups is 1. The molecule has 6 heteroatoms. The number of aromatic nitrogens is 1. The lowest BCUT2D eigenvalue weighted by Crippen LogP contribution is -2.31. The zero-order valence-electron chi connectivity index (χ0n) is 15.4. The van der Waals surface area contributed by atoms with Crippen molar-refractivity contribution in [3.8, 4) is 0 Å². The molecule has 5 nitrogen and oxygen atoms in total. The zero-order valence-corrected chi connectivity index (χ0v) is 16.2. The molecule has 3 rings (SSSR count). The molecule has 1 aromatic carbocycles. The molecule has 0 bridgehead atoms. The van der Waals surface area contributed by atoms with E-state index in [1.54, 1.807) is 6.20 Å². The maximum Gasteiger partial charge on any atom is 0.240 e. The van der Waals surface area contributed by atoms with Gasteiger partial charge in [0.15, 0.2) is 0 Å². The number of likely N-dealkylation sites (tertiary alicyclic amines) is 1. The number of nitrogens with two attached hydrogens (primary N) is 1. The molecule has 1 fully saturated rings. The van der Waals surface area contributed by atoms with E-state index in [2.05, 4.69) is 4.98 Å². The Hall–Kier alpha value is -2.60. The molecule has 3 N–H and O–H groups in total. The number of benzene rings is 1. The highest BCUT2D eigenvalue weighted by Gasteiger charge is 2.29. The molecule has 1 aliphatic rings. The van der Waals surface area contributed by atoms with Gasteiger partial charge in [0.25, 0.3) is 0 Å². The molecule has 1 aliphatic heterocycles. The highest BCUT2D eigenvalue weighted by atomic mass is 32.2. The second-order valence-electron chi connectivity index (χ2n) is 6.55. The molecule has 0 radical (unpaired) electrons. The van der Waals surface area contributed by atoms with Crippen LogP contribution >= 0.6 is 11.8 Å². The Bertz CT molecular complexity index is 845. The summed E-state index contributed by atoms with van der Waals surface area (Å²) in [7, 11) is 0. The SMILES string of the molecule is Cc1cc(/C(C=N)=C/N)cnc1SC(C(=O)N1CCCC1)c1ccccc1. The molecule has 140 valence electrons. The minimum absolute atomic E-state index is 0.149. The number of carbonyl (C=O) groups excluding carboxylic acids is 1. The van der Waals surface area contributed by atoms with Crippen LogP contribution in [0, 0.1) is 12.3 Å². The van der Waals surface area contributed by atoms with Crippen LogP contribution in [0.2, 0.25) is 0 Å². The van der Waals surface area contributed by atoms with Gasteiger partial charge in [-0.15, -0.1) is 0 Å². The number of thioether (sulfide) groups is 1. The summed E-state index contributed by atoms with van der Waals surface area (Å²) < 4.78 is 0. The molecule has 0 aliphatic carbocycles. The largest absolute Gasteiger partial charge is 0.404 e. The van der Waals surface area contributed by atoms with E-state index in [1.807, 2.05) is 48.2 Å². The van der Waals surface area contributed by atoms with E-state index >= 15 is 0 Å². The topological polar surface area (TPSA) is 83.1 Å². The van der Waals surface area contributed by atoms with Gasteiger partial charge in [0.2, 0.25) is 5.91 Å². The van der Waals surface area contributed by atoms with Crippen LogP contribution in [0.15, 0.2) is 53.8 Å². The van der Waals surface area contributed by atoms with Gasteiger partial charge >= 0.3 is 0 Å². The van der Waals surface area contributed by atoms with Gasteiger partial charge in [-0.3, -0.25) is 4.79 Å². The molecule has 0 spiro atoms. The van der Waals surface area contributed by atoms with Gasteiger partial charge in [-0.25, -0.2) is 4.98 Å². The molecule has 1 saturated heterocycles. The van der Waals surface area contributed by atoms with E-state index in [4.69, 9.17) is 11.1 Å². The van der Waals surface area contributed by atoms with Crippen LogP contribution in [0.5, 0.6) is 0 Å². The molecule has 1 unspecified atom stereocenters. The lowest BCUT2D eigenvalue weighted by Gasteiger charge is -2.23.